The third kappa shape index (κ3) is 6.17. The first kappa shape index (κ1) is 36.9. The first-order valence-electron chi connectivity index (χ1n) is 21.8. The number of fused-ring (bicyclic) bond motifs is 7. The average Bonchev–Trinajstić information content (AvgIpc) is 3.59. The van der Waals surface area contributed by atoms with Gasteiger partial charge in [-0.25, -0.2) is 9.97 Å². The molecule has 1 aliphatic rings. The van der Waals surface area contributed by atoms with E-state index in [1.165, 1.54) is 82.4 Å². The van der Waals surface area contributed by atoms with Gasteiger partial charge in [-0.15, -0.1) is 0 Å². The Labute approximate surface area is 367 Å². The van der Waals surface area contributed by atoms with Gasteiger partial charge in [-0.05, 0) is 100 Å². The van der Waals surface area contributed by atoms with E-state index in [0.29, 0.717) is 5.82 Å². The fourth-order valence-electron chi connectivity index (χ4n) is 10.2. The highest BCUT2D eigenvalue weighted by molar-refractivity contribution is 6.20. The Hall–Kier alpha value is -7.94. The van der Waals surface area contributed by atoms with Crippen LogP contribution in [-0.4, -0.2) is 9.97 Å². The maximum atomic E-state index is 5.30. The molecule has 12 rings (SSSR count). The molecular weight excluding hydrogens is 761 g/mol. The maximum Gasteiger partial charge on any atom is 0.160 e. The first-order valence-corrected chi connectivity index (χ1v) is 21.8. The van der Waals surface area contributed by atoms with E-state index < -0.39 is 0 Å². The molecular formula is C61H42N2. The number of rotatable bonds is 6. The van der Waals surface area contributed by atoms with E-state index in [1.54, 1.807) is 0 Å². The summed E-state index contributed by atoms with van der Waals surface area (Å²) < 4.78 is 0. The zero-order chi connectivity index (χ0) is 42.1. The van der Waals surface area contributed by atoms with Gasteiger partial charge in [0, 0.05) is 22.1 Å². The highest BCUT2D eigenvalue weighted by atomic mass is 14.9. The highest BCUT2D eigenvalue weighted by Crippen LogP contribution is 2.52. The summed E-state index contributed by atoms with van der Waals surface area (Å²) in [5.41, 5.74) is 17.4. The minimum absolute atomic E-state index is 0.0989. The molecule has 0 N–H and O–H groups in total. The number of hydrogen-bond acceptors (Lipinski definition) is 2. The van der Waals surface area contributed by atoms with Crippen LogP contribution >= 0.6 is 0 Å². The summed E-state index contributed by atoms with van der Waals surface area (Å²) in [7, 11) is 0. The molecule has 1 heterocycles. The summed E-state index contributed by atoms with van der Waals surface area (Å²) in [6.07, 6.45) is 0. The molecule has 10 aromatic carbocycles. The van der Waals surface area contributed by atoms with Gasteiger partial charge in [0.2, 0.25) is 0 Å². The monoisotopic (exact) mass is 802 g/mol. The second-order valence-corrected chi connectivity index (χ2v) is 17.3. The van der Waals surface area contributed by atoms with E-state index in [1.807, 2.05) is 0 Å². The van der Waals surface area contributed by atoms with Crippen LogP contribution in [0.4, 0.5) is 0 Å². The molecule has 1 aromatic heterocycles. The molecule has 0 saturated carbocycles. The van der Waals surface area contributed by atoms with E-state index in [4.69, 9.17) is 9.97 Å². The van der Waals surface area contributed by atoms with Crippen molar-refractivity contribution >= 4 is 32.3 Å². The Morgan fingerprint density at radius 3 is 1.60 bits per heavy atom. The fraction of sp³-hybridized carbons (Fsp3) is 0.0492. The van der Waals surface area contributed by atoms with Gasteiger partial charge in [-0.3, -0.25) is 0 Å². The van der Waals surface area contributed by atoms with Crippen molar-refractivity contribution in [3.8, 4) is 78.4 Å². The smallest absolute Gasteiger partial charge is 0.160 e. The Morgan fingerprint density at radius 1 is 0.317 bits per heavy atom. The van der Waals surface area contributed by atoms with Crippen LogP contribution in [0.5, 0.6) is 0 Å². The van der Waals surface area contributed by atoms with Crippen LogP contribution in [0.3, 0.4) is 0 Å². The Bertz CT molecular complexity index is 3550. The molecule has 0 amide bonds. The van der Waals surface area contributed by atoms with Crippen LogP contribution in [0.1, 0.15) is 25.0 Å². The molecule has 0 unspecified atom stereocenters. The largest absolute Gasteiger partial charge is 0.228 e. The SMILES string of the molecule is CC1(C)c2ccccc2-c2cccc(-c3ccc(-c4cc(-c5ccc(-c6ccccc6)cc5)nc(-c5ccc(-c6c7ccccc7cc7c6ccc6ccccc67)cc5)n4)cc3)c21. The normalized spacial score (nSPS) is 12.7. The summed E-state index contributed by atoms with van der Waals surface area (Å²) in [6.45, 7) is 4.70. The summed E-state index contributed by atoms with van der Waals surface area (Å²) >= 11 is 0. The van der Waals surface area contributed by atoms with E-state index >= 15 is 0 Å². The van der Waals surface area contributed by atoms with Gasteiger partial charge in [-0.2, -0.15) is 0 Å². The van der Waals surface area contributed by atoms with Gasteiger partial charge in [0.05, 0.1) is 11.4 Å². The third-order valence-corrected chi connectivity index (χ3v) is 13.3. The molecule has 0 saturated heterocycles. The van der Waals surface area contributed by atoms with Crippen molar-refractivity contribution in [3.05, 3.63) is 230 Å². The molecule has 2 nitrogen and oxygen atoms in total. The van der Waals surface area contributed by atoms with E-state index in [9.17, 15) is 0 Å². The van der Waals surface area contributed by atoms with E-state index in [2.05, 4.69) is 232 Å². The predicted molar refractivity (Wildman–Crippen MR) is 265 cm³/mol. The van der Waals surface area contributed by atoms with Crippen molar-refractivity contribution in [2.45, 2.75) is 19.3 Å². The lowest BCUT2D eigenvalue weighted by atomic mass is 9.79. The zero-order valence-electron chi connectivity index (χ0n) is 35.2. The Balaban J connectivity index is 0.963. The average molecular weight is 803 g/mol. The van der Waals surface area contributed by atoms with Crippen LogP contribution in [0.2, 0.25) is 0 Å². The molecule has 1 aliphatic carbocycles. The Kier molecular flexibility index (Phi) is 8.55. The summed E-state index contributed by atoms with van der Waals surface area (Å²) in [6, 6.07) is 79.0. The van der Waals surface area contributed by atoms with Crippen molar-refractivity contribution in [2.75, 3.05) is 0 Å². The van der Waals surface area contributed by atoms with Gasteiger partial charge >= 0.3 is 0 Å². The van der Waals surface area contributed by atoms with Crippen molar-refractivity contribution in [1.29, 1.82) is 0 Å². The molecule has 63 heavy (non-hydrogen) atoms. The summed E-state index contributed by atoms with van der Waals surface area (Å²) in [5, 5.41) is 7.50. The quantitative estimate of drug-likeness (QED) is 0.124. The number of benzene rings is 10. The van der Waals surface area contributed by atoms with Gasteiger partial charge in [0.1, 0.15) is 0 Å². The topological polar surface area (TPSA) is 25.8 Å². The maximum absolute atomic E-state index is 5.30. The lowest BCUT2D eigenvalue weighted by molar-refractivity contribution is 0.662. The zero-order valence-corrected chi connectivity index (χ0v) is 35.2. The predicted octanol–water partition coefficient (Wildman–Crippen LogP) is 16.2. The summed E-state index contributed by atoms with van der Waals surface area (Å²) in [5.74, 6) is 0.694. The minimum Gasteiger partial charge on any atom is -0.228 e. The van der Waals surface area contributed by atoms with E-state index in [-0.39, 0.29) is 5.41 Å². The lowest BCUT2D eigenvalue weighted by Gasteiger charge is -2.24. The van der Waals surface area contributed by atoms with Crippen LogP contribution in [0.15, 0.2) is 218 Å². The van der Waals surface area contributed by atoms with Gasteiger partial charge in [-0.1, -0.05) is 220 Å². The molecule has 296 valence electrons. The number of nitrogens with zero attached hydrogens (tertiary/aromatic N) is 2. The van der Waals surface area contributed by atoms with Crippen molar-refractivity contribution in [1.82, 2.24) is 9.97 Å². The van der Waals surface area contributed by atoms with Crippen molar-refractivity contribution in [3.63, 3.8) is 0 Å². The molecule has 0 atom stereocenters. The fourth-order valence-corrected chi connectivity index (χ4v) is 10.2. The first-order chi connectivity index (χ1) is 31.0. The summed E-state index contributed by atoms with van der Waals surface area (Å²) in [4.78, 5) is 10.6. The van der Waals surface area contributed by atoms with Crippen LogP contribution in [0, 0.1) is 0 Å². The van der Waals surface area contributed by atoms with Crippen molar-refractivity contribution in [2.24, 2.45) is 0 Å². The number of aromatic nitrogens is 2. The van der Waals surface area contributed by atoms with Crippen LogP contribution in [-0.2, 0) is 5.41 Å². The molecule has 0 radical (unpaired) electrons. The molecule has 0 fully saturated rings. The molecule has 2 heteroatoms. The second kappa shape index (κ2) is 14.6. The second-order valence-electron chi connectivity index (χ2n) is 17.3. The third-order valence-electron chi connectivity index (χ3n) is 13.3. The van der Waals surface area contributed by atoms with E-state index in [0.717, 1.165) is 33.6 Å². The minimum atomic E-state index is -0.0989. The standard InChI is InChI=1S/C61H42N2/c1-61(2)55-22-11-10-19-51(55)53-21-12-20-50(59(53)61)42-25-29-44(30-26-42)57-38-56(43-27-23-40(24-28-43)39-13-4-3-5-14-39)62-60(63-57)46-33-31-45(32-34-46)58-49-18-9-7-16-47(49)37-54-48-17-8-6-15-41(48)35-36-52(54)58/h3-38H,1-2H3. The van der Waals surface area contributed by atoms with Gasteiger partial charge in [0.25, 0.3) is 0 Å². The van der Waals surface area contributed by atoms with Gasteiger partial charge < -0.3 is 0 Å². The van der Waals surface area contributed by atoms with Crippen LogP contribution in [0.25, 0.3) is 111 Å². The molecule has 0 bridgehead atoms. The molecule has 0 aliphatic heterocycles. The van der Waals surface area contributed by atoms with Crippen molar-refractivity contribution < 1.29 is 0 Å². The highest BCUT2D eigenvalue weighted by Gasteiger charge is 2.37. The lowest BCUT2D eigenvalue weighted by Crippen LogP contribution is -2.16. The Morgan fingerprint density at radius 2 is 0.857 bits per heavy atom. The number of hydrogen-bond donors (Lipinski definition) is 0. The molecule has 11 aromatic rings. The van der Waals surface area contributed by atoms with Crippen LogP contribution < -0.4 is 0 Å². The molecule has 0 spiro atoms. The van der Waals surface area contributed by atoms with Gasteiger partial charge in [0.15, 0.2) is 5.82 Å².